The van der Waals surface area contributed by atoms with Crippen molar-refractivity contribution in [2.75, 3.05) is 11.9 Å². The quantitative estimate of drug-likeness (QED) is 0.541. The first-order chi connectivity index (χ1) is 14.3. The van der Waals surface area contributed by atoms with Gasteiger partial charge in [-0.15, -0.1) is 23.7 Å². The van der Waals surface area contributed by atoms with Crippen molar-refractivity contribution in [3.8, 4) is 0 Å². The predicted molar refractivity (Wildman–Crippen MR) is 118 cm³/mol. The van der Waals surface area contributed by atoms with Crippen molar-refractivity contribution in [1.29, 1.82) is 0 Å². The van der Waals surface area contributed by atoms with Crippen molar-refractivity contribution in [3.05, 3.63) is 80.9 Å². The highest BCUT2D eigenvalue weighted by atomic mass is 35.5. The molecule has 0 fully saturated rings. The molecule has 2 N–H and O–H groups in total. The van der Waals surface area contributed by atoms with Gasteiger partial charge in [0, 0.05) is 23.4 Å². The number of hydrogen-bond acceptors (Lipinski definition) is 4. The lowest BCUT2D eigenvalue weighted by Crippen LogP contribution is -2.24. The lowest BCUT2D eigenvalue weighted by Gasteiger charge is -2.17. The third-order valence-electron chi connectivity index (χ3n) is 5.11. The van der Waals surface area contributed by atoms with Gasteiger partial charge in [0.2, 0.25) is 0 Å². The summed E-state index contributed by atoms with van der Waals surface area (Å²) in [6.45, 7) is 3.55. The summed E-state index contributed by atoms with van der Waals surface area (Å²) in [6.07, 6.45) is -2.99. The maximum Gasteiger partial charge on any atom is 0.416 e. The molecule has 31 heavy (non-hydrogen) atoms. The van der Waals surface area contributed by atoms with E-state index in [4.69, 9.17) is 0 Å². The number of rotatable bonds is 4. The first-order valence-electron chi connectivity index (χ1n) is 9.56. The van der Waals surface area contributed by atoms with Crippen LogP contribution in [0.3, 0.4) is 0 Å². The lowest BCUT2D eigenvalue weighted by molar-refractivity contribution is -0.137. The van der Waals surface area contributed by atoms with E-state index in [1.165, 1.54) is 34.6 Å². The second kappa shape index (κ2) is 9.38. The van der Waals surface area contributed by atoms with Crippen molar-refractivity contribution in [1.82, 2.24) is 10.3 Å². The van der Waals surface area contributed by atoms with E-state index in [9.17, 15) is 18.0 Å². The van der Waals surface area contributed by atoms with Gasteiger partial charge in [-0.2, -0.15) is 13.2 Å². The molecule has 164 valence electrons. The van der Waals surface area contributed by atoms with Gasteiger partial charge in [0.05, 0.1) is 11.3 Å². The molecule has 4 nitrogen and oxygen atoms in total. The van der Waals surface area contributed by atoms with Crippen LogP contribution in [0, 0.1) is 6.92 Å². The van der Waals surface area contributed by atoms with Crippen LogP contribution in [-0.4, -0.2) is 17.4 Å². The molecule has 0 saturated heterocycles. The SMILES string of the molecule is Cc1nc(NC(=O)c2ccc3c(c2)CCNC3)sc1Cc1ccc(C(F)(F)F)cc1.Cl. The zero-order valence-electron chi connectivity index (χ0n) is 16.7. The van der Waals surface area contributed by atoms with E-state index < -0.39 is 11.7 Å². The van der Waals surface area contributed by atoms with Crippen molar-refractivity contribution < 1.29 is 18.0 Å². The number of nitrogens with one attached hydrogen (secondary N) is 2. The zero-order valence-corrected chi connectivity index (χ0v) is 18.3. The van der Waals surface area contributed by atoms with E-state index >= 15 is 0 Å². The van der Waals surface area contributed by atoms with Crippen molar-refractivity contribution in [3.63, 3.8) is 0 Å². The number of anilines is 1. The standard InChI is InChI=1S/C22H20F3N3OS.ClH/c1-13-19(10-14-2-6-18(7-3-14)22(23,24)25)30-21(27-13)28-20(29)16-4-5-17-12-26-9-8-15(17)11-16;/h2-7,11,26H,8-10,12H2,1H3,(H,27,28,29);1H. The molecule has 2 aromatic carbocycles. The molecule has 0 aliphatic carbocycles. The van der Waals surface area contributed by atoms with Crippen molar-refractivity contribution in [2.45, 2.75) is 32.5 Å². The minimum Gasteiger partial charge on any atom is -0.312 e. The number of carbonyl (C=O) groups is 1. The molecule has 0 bridgehead atoms. The Labute approximate surface area is 188 Å². The second-order valence-electron chi connectivity index (χ2n) is 7.26. The molecule has 3 aromatic rings. The molecule has 1 aliphatic heterocycles. The summed E-state index contributed by atoms with van der Waals surface area (Å²) in [5.74, 6) is -0.217. The number of amides is 1. The molecular formula is C22H21ClF3N3OS. The molecule has 9 heteroatoms. The summed E-state index contributed by atoms with van der Waals surface area (Å²) in [4.78, 5) is 18.0. The van der Waals surface area contributed by atoms with Gasteiger partial charge < -0.3 is 5.32 Å². The third kappa shape index (κ3) is 5.44. The molecule has 0 unspecified atom stereocenters. The van der Waals surface area contributed by atoms with Crippen LogP contribution in [-0.2, 0) is 25.6 Å². The summed E-state index contributed by atoms with van der Waals surface area (Å²) in [7, 11) is 0. The number of fused-ring (bicyclic) bond motifs is 1. The molecule has 4 rings (SSSR count). The minimum absolute atomic E-state index is 0. The molecule has 1 aromatic heterocycles. The number of carbonyl (C=O) groups excluding carboxylic acids is 1. The summed E-state index contributed by atoms with van der Waals surface area (Å²) in [5, 5.41) is 6.63. The van der Waals surface area contributed by atoms with Crippen molar-refractivity contribution >= 4 is 34.8 Å². The largest absolute Gasteiger partial charge is 0.416 e. The number of thiazole rings is 1. The van der Waals surface area contributed by atoms with Gasteiger partial charge in [-0.1, -0.05) is 18.2 Å². The number of hydrogen-bond donors (Lipinski definition) is 2. The second-order valence-corrected chi connectivity index (χ2v) is 8.35. The first-order valence-corrected chi connectivity index (χ1v) is 10.4. The number of aromatic nitrogens is 1. The fourth-order valence-corrected chi connectivity index (χ4v) is 4.42. The Kier molecular flexibility index (Phi) is 7.03. The van der Waals surface area contributed by atoms with E-state index in [0.29, 0.717) is 17.1 Å². The average molecular weight is 468 g/mol. The lowest BCUT2D eigenvalue weighted by atomic mass is 9.98. The Bertz CT molecular complexity index is 1080. The Morgan fingerprint density at radius 1 is 1.16 bits per heavy atom. The Hall–Kier alpha value is -2.42. The van der Waals surface area contributed by atoms with E-state index in [0.717, 1.165) is 47.8 Å². The predicted octanol–water partition coefficient (Wildman–Crippen LogP) is 5.38. The number of halogens is 4. The molecule has 1 aliphatic rings. The van der Waals surface area contributed by atoms with Gasteiger partial charge in [0.25, 0.3) is 5.91 Å². The zero-order chi connectivity index (χ0) is 21.3. The average Bonchev–Trinajstić information content (AvgIpc) is 3.06. The summed E-state index contributed by atoms with van der Waals surface area (Å²) >= 11 is 1.34. The van der Waals surface area contributed by atoms with E-state index in [1.54, 1.807) is 0 Å². The van der Waals surface area contributed by atoms with Gasteiger partial charge in [0.15, 0.2) is 5.13 Å². The van der Waals surface area contributed by atoms with Crippen molar-refractivity contribution in [2.24, 2.45) is 0 Å². The number of alkyl halides is 3. The van der Waals surface area contributed by atoms with Crippen LogP contribution in [0.5, 0.6) is 0 Å². The Morgan fingerprint density at radius 3 is 2.61 bits per heavy atom. The fraction of sp³-hybridized carbons (Fsp3) is 0.273. The van der Waals surface area contributed by atoms with Gasteiger partial charge in [0.1, 0.15) is 0 Å². The van der Waals surface area contributed by atoms with Gasteiger partial charge in [-0.05, 0) is 60.8 Å². The molecule has 0 atom stereocenters. The van der Waals surface area contributed by atoms with Gasteiger partial charge >= 0.3 is 6.18 Å². The highest BCUT2D eigenvalue weighted by Crippen LogP contribution is 2.30. The van der Waals surface area contributed by atoms with Crippen LogP contribution in [0.2, 0.25) is 0 Å². The van der Waals surface area contributed by atoms with E-state index in [1.807, 2.05) is 25.1 Å². The van der Waals surface area contributed by atoms with Crippen LogP contribution in [0.15, 0.2) is 42.5 Å². The van der Waals surface area contributed by atoms with Gasteiger partial charge in [-0.3, -0.25) is 10.1 Å². The first kappa shape index (κ1) is 23.2. The molecule has 2 heterocycles. The highest BCUT2D eigenvalue weighted by molar-refractivity contribution is 7.15. The van der Waals surface area contributed by atoms with E-state index in [2.05, 4.69) is 15.6 Å². The highest BCUT2D eigenvalue weighted by Gasteiger charge is 2.30. The monoisotopic (exact) mass is 467 g/mol. The summed E-state index contributed by atoms with van der Waals surface area (Å²) in [5.41, 5.74) is 3.83. The van der Waals surface area contributed by atoms with Crippen LogP contribution >= 0.6 is 23.7 Å². The number of aryl methyl sites for hydroxylation is 1. The van der Waals surface area contributed by atoms with E-state index in [-0.39, 0.29) is 18.3 Å². The smallest absolute Gasteiger partial charge is 0.312 e. The summed E-state index contributed by atoms with van der Waals surface area (Å²) in [6, 6.07) is 10.8. The number of nitrogens with zero attached hydrogens (tertiary/aromatic N) is 1. The maximum absolute atomic E-state index is 12.7. The third-order valence-corrected chi connectivity index (χ3v) is 6.19. The molecule has 0 saturated carbocycles. The number of benzene rings is 2. The fourth-order valence-electron chi connectivity index (χ4n) is 3.43. The topological polar surface area (TPSA) is 54.0 Å². The Balaban J connectivity index is 0.00000272. The normalized spacial score (nSPS) is 13.3. The van der Waals surface area contributed by atoms with Gasteiger partial charge in [-0.25, -0.2) is 4.98 Å². The van der Waals surface area contributed by atoms with Crippen LogP contribution < -0.4 is 10.6 Å². The van der Waals surface area contributed by atoms with Crippen LogP contribution in [0.25, 0.3) is 0 Å². The maximum atomic E-state index is 12.7. The summed E-state index contributed by atoms with van der Waals surface area (Å²) < 4.78 is 38.2. The molecular weight excluding hydrogens is 447 g/mol. The molecule has 1 amide bonds. The molecule has 0 spiro atoms. The minimum atomic E-state index is -4.34. The molecule has 0 radical (unpaired) electrons. The van der Waals surface area contributed by atoms with Crippen LogP contribution in [0.4, 0.5) is 18.3 Å². The van der Waals surface area contributed by atoms with Crippen LogP contribution in [0.1, 0.15) is 43.2 Å². The Morgan fingerprint density at radius 2 is 1.90 bits per heavy atom.